The molecule has 0 saturated heterocycles. The highest BCUT2D eigenvalue weighted by atomic mass is 16.3. The predicted molar refractivity (Wildman–Crippen MR) is 166 cm³/mol. The lowest BCUT2D eigenvalue weighted by molar-refractivity contribution is -0.660. The maximum atomic E-state index is 9.94. The van der Waals surface area contributed by atoms with Crippen molar-refractivity contribution in [2.75, 3.05) is 0 Å². The van der Waals surface area contributed by atoms with Crippen molar-refractivity contribution in [1.82, 2.24) is 0 Å². The van der Waals surface area contributed by atoms with Crippen molar-refractivity contribution in [3.05, 3.63) is 89.6 Å². The van der Waals surface area contributed by atoms with Crippen LogP contribution in [0.1, 0.15) is 80.4 Å². The molecule has 2 fully saturated rings. The molecule has 0 amide bonds. The highest BCUT2D eigenvalue weighted by Gasteiger charge is 2.29. The van der Waals surface area contributed by atoms with Crippen LogP contribution in [-0.4, -0.2) is 0 Å². The van der Waals surface area contributed by atoms with Gasteiger partial charge in [-0.15, -0.1) is 0 Å². The summed E-state index contributed by atoms with van der Waals surface area (Å²) in [5, 5.41) is 12.0. The van der Waals surface area contributed by atoms with Crippen LogP contribution >= 0.6 is 0 Å². The van der Waals surface area contributed by atoms with E-state index in [-0.39, 0.29) is 0 Å². The van der Waals surface area contributed by atoms with Crippen LogP contribution in [0.4, 0.5) is 0 Å². The van der Waals surface area contributed by atoms with E-state index in [9.17, 15) is 5.26 Å². The topological polar surface area (TPSA) is 40.8 Å². The Morgan fingerprint density at radius 3 is 2.27 bits per heavy atom. The van der Waals surface area contributed by atoms with Crippen LogP contribution in [0.5, 0.6) is 0 Å². The highest BCUT2D eigenvalue weighted by molar-refractivity contribution is 6.13. The molecule has 2 saturated carbocycles. The maximum absolute atomic E-state index is 9.94. The molecule has 41 heavy (non-hydrogen) atoms. The van der Waals surface area contributed by atoms with E-state index in [1.54, 1.807) is 0 Å². The lowest BCUT2D eigenvalue weighted by Gasteiger charge is -2.36. The Kier molecular flexibility index (Phi) is 6.87. The summed E-state index contributed by atoms with van der Waals surface area (Å²) < 4.78 is 8.89. The van der Waals surface area contributed by atoms with E-state index in [4.69, 9.17) is 4.42 Å². The first-order chi connectivity index (χ1) is 20.1. The van der Waals surface area contributed by atoms with Gasteiger partial charge in [0.2, 0.25) is 5.69 Å². The molecule has 3 heteroatoms. The number of hydrogen-bond donors (Lipinski definition) is 0. The van der Waals surface area contributed by atoms with Gasteiger partial charge in [-0.3, -0.25) is 0 Å². The summed E-state index contributed by atoms with van der Waals surface area (Å²) in [7, 11) is 2.07. The van der Waals surface area contributed by atoms with Gasteiger partial charge in [-0.25, -0.2) is 4.57 Å². The number of furan rings is 1. The largest absolute Gasteiger partial charge is 0.454 e. The molecule has 2 aliphatic carbocycles. The molecule has 7 rings (SSSR count). The van der Waals surface area contributed by atoms with Gasteiger partial charge in [0.25, 0.3) is 0 Å². The third-order valence-electron chi connectivity index (χ3n) is 10.2. The molecule has 2 aliphatic rings. The third-order valence-corrected chi connectivity index (χ3v) is 10.2. The van der Waals surface area contributed by atoms with Crippen LogP contribution in [-0.2, 0) is 7.05 Å². The van der Waals surface area contributed by atoms with E-state index >= 15 is 0 Å². The van der Waals surface area contributed by atoms with Gasteiger partial charge in [-0.05, 0) is 85.3 Å². The number of nitriles is 1. The second-order valence-corrected chi connectivity index (χ2v) is 12.6. The number of rotatable bonds is 4. The van der Waals surface area contributed by atoms with Gasteiger partial charge >= 0.3 is 0 Å². The quantitative estimate of drug-likeness (QED) is 0.213. The molecule has 3 nitrogen and oxygen atoms in total. The zero-order chi connectivity index (χ0) is 27.9. The molecule has 0 atom stereocenters. The van der Waals surface area contributed by atoms with Gasteiger partial charge in [0.1, 0.15) is 18.2 Å². The van der Waals surface area contributed by atoms with Gasteiger partial charge in [0, 0.05) is 28.5 Å². The fourth-order valence-corrected chi connectivity index (χ4v) is 7.88. The molecule has 2 heterocycles. The smallest absolute Gasteiger partial charge is 0.216 e. The zero-order valence-electron chi connectivity index (χ0n) is 24.3. The molecule has 0 spiro atoms. The van der Waals surface area contributed by atoms with Crippen molar-refractivity contribution in [3.8, 4) is 28.5 Å². The summed E-state index contributed by atoms with van der Waals surface area (Å²) in [6.07, 6.45) is 14.8. The number of benzene rings is 3. The maximum Gasteiger partial charge on any atom is 0.216 e. The van der Waals surface area contributed by atoms with E-state index in [1.165, 1.54) is 68.9 Å². The average molecular weight is 540 g/mol. The van der Waals surface area contributed by atoms with E-state index in [1.807, 2.05) is 18.2 Å². The number of nitrogens with zero attached hydrogens (tertiary/aromatic N) is 2. The molecular formula is C38H39N2O+. The van der Waals surface area contributed by atoms with Gasteiger partial charge in [-0.1, -0.05) is 68.5 Å². The summed E-state index contributed by atoms with van der Waals surface area (Å²) >= 11 is 0. The lowest BCUT2D eigenvalue weighted by atomic mass is 9.70. The number of aryl methyl sites for hydroxylation is 2. The minimum Gasteiger partial charge on any atom is -0.454 e. The van der Waals surface area contributed by atoms with Crippen molar-refractivity contribution in [3.63, 3.8) is 0 Å². The number of aromatic nitrogens is 1. The summed E-state index contributed by atoms with van der Waals surface area (Å²) in [5.41, 5.74) is 9.33. The van der Waals surface area contributed by atoms with Gasteiger partial charge in [-0.2, -0.15) is 5.26 Å². The Bertz CT molecular complexity index is 1760. The number of pyridine rings is 1. The second-order valence-electron chi connectivity index (χ2n) is 12.6. The minimum atomic E-state index is 0.660. The summed E-state index contributed by atoms with van der Waals surface area (Å²) in [5.74, 6) is 2.60. The third kappa shape index (κ3) is 4.74. The zero-order valence-corrected chi connectivity index (χ0v) is 24.3. The second kappa shape index (κ2) is 10.8. The summed E-state index contributed by atoms with van der Waals surface area (Å²) in [6, 6.07) is 26.1. The normalized spacial score (nSPS) is 19.9. The van der Waals surface area contributed by atoms with Gasteiger partial charge < -0.3 is 4.42 Å². The predicted octanol–water partition coefficient (Wildman–Crippen LogP) is 9.78. The molecule has 0 bridgehead atoms. The Morgan fingerprint density at radius 1 is 0.780 bits per heavy atom. The van der Waals surface area contributed by atoms with E-state index in [2.05, 4.69) is 79.3 Å². The van der Waals surface area contributed by atoms with Crippen molar-refractivity contribution in [2.45, 2.75) is 70.6 Å². The minimum absolute atomic E-state index is 0.660. The standard InChI is InChI=1S/C38H39N2O/c1-25-11-20-32-34-23-26(24-39)22-33(37(34)41-38(32)36(25)35-10-6-7-21-40(35)2)31-18-16-30(17-19-31)29-14-12-28(13-15-29)27-8-4-3-5-9-27/h6-7,10-11,16-23,27-29H,3-5,8-9,12-15H2,1-2H3/q+1. The van der Waals surface area contributed by atoms with Crippen molar-refractivity contribution in [1.29, 1.82) is 5.26 Å². The van der Waals surface area contributed by atoms with Crippen molar-refractivity contribution >= 4 is 21.9 Å². The fraction of sp³-hybridized carbons (Fsp3) is 0.368. The van der Waals surface area contributed by atoms with E-state index in [0.717, 1.165) is 56.2 Å². The van der Waals surface area contributed by atoms with Crippen LogP contribution < -0.4 is 4.57 Å². The van der Waals surface area contributed by atoms with Crippen LogP contribution in [0.15, 0.2) is 77.3 Å². The Hall–Kier alpha value is -3.90. The molecule has 2 aromatic heterocycles. The highest BCUT2D eigenvalue weighted by Crippen LogP contribution is 2.44. The van der Waals surface area contributed by atoms with E-state index < -0.39 is 0 Å². The average Bonchev–Trinajstić information content (AvgIpc) is 3.40. The molecule has 0 aliphatic heterocycles. The molecule has 5 aromatic rings. The lowest BCUT2D eigenvalue weighted by Crippen LogP contribution is -2.30. The number of hydrogen-bond acceptors (Lipinski definition) is 2. The molecule has 0 unspecified atom stereocenters. The van der Waals surface area contributed by atoms with E-state index in [0.29, 0.717) is 11.5 Å². The molecule has 0 radical (unpaired) electrons. The number of fused-ring (bicyclic) bond motifs is 3. The Balaban J connectivity index is 1.24. The van der Waals surface area contributed by atoms with Crippen LogP contribution in [0.25, 0.3) is 44.3 Å². The van der Waals surface area contributed by atoms with Crippen LogP contribution in [0.3, 0.4) is 0 Å². The summed E-state index contributed by atoms with van der Waals surface area (Å²) in [6.45, 7) is 2.14. The molecule has 3 aromatic carbocycles. The monoisotopic (exact) mass is 539 g/mol. The first-order valence-electron chi connectivity index (χ1n) is 15.6. The molecule has 206 valence electrons. The first-order valence-corrected chi connectivity index (χ1v) is 15.6. The van der Waals surface area contributed by atoms with Crippen LogP contribution in [0, 0.1) is 30.1 Å². The van der Waals surface area contributed by atoms with Crippen molar-refractivity contribution in [2.24, 2.45) is 18.9 Å². The SMILES string of the molecule is Cc1ccc2c(oc3c(-c4ccc(C5CCC(C6CCCCC6)CC5)cc4)cc(C#N)cc32)c1-c1cccc[n+]1C. The summed E-state index contributed by atoms with van der Waals surface area (Å²) in [4.78, 5) is 0. The Morgan fingerprint density at radius 2 is 1.54 bits per heavy atom. The van der Waals surface area contributed by atoms with Gasteiger partial charge in [0.15, 0.2) is 6.20 Å². The van der Waals surface area contributed by atoms with Gasteiger partial charge in [0.05, 0.1) is 17.2 Å². The molecular weight excluding hydrogens is 500 g/mol. The first kappa shape index (κ1) is 26.0. The fourth-order valence-electron chi connectivity index (χ4n) is 7.88. The molecule has 0 N–H and O–H groups in total. The van der Waals surface area contributed by atoms with Crippen LogP contribution in [0.2, 0.25) is 0 Å². The Labute approximate surface area is 243 Å². The van der Waals surface area contributed by atoms with Crippen molar-refractivity contribution < 1.29 is 8.98 Å².